The molecule has 0 bridgehead atoms. The monoisotopic (exact) mass is 466 g/mol. The fourth-order valence-corrected chi connectivity index (χ4v) is 5.08. The Morgan fingerprint density at radius 2 is 1.84 bits per heavy atom. The molecule has 0 spiro atoms. The number of hydrogen-bond donors (Lipinski definition) is 1. The summed E-state index contributed by atoms with van der Waals surface area (Å²) in [5, 5.41) is 2.81. The van der Waals surface area contributed by atoms with Crippen LogP contribution >= 0.6 is 22.7 Å². The van der Waals surface area contributed by atoms with Gasteiger partial charge in [-0.2, -0.15) is 0 Å². The summed E-state index contributed by atoms with van der Waals surface area (Å²) in [7, 11) is 4.71. The smallest absolute Gasteiger partial charge is 0.203 e. The van der Waals surface area contributed by atoms with Crippen molar-refractivity contribution in [1.82, 2.24) is 4.98 Å². The number of nitrogens with zero attached hydrogens (tertiary/aromatic N) is 1. The molecule has 0 saturated heterocycles. The molecular formula is C24H22N2O4S2. The van der Waals surface area contributed by atoms with Crippen molar-refractivity contribution in [3.8, 4) is 27.8 Å². The van der Waals surface area contributed by atoms with Gasteiger partial charge in [0.05, 0.1) is 37.6 Å². The van der Waals surface area contributed by atoms with Gasteiger partial charge >= 0.3 is 0 Å². The first-order chi connectivity index (χ1) is 15.5. The number of ketones is 1. The zero-order chi connectivity index (χ0) is 22.7. The highest BCUT2D eigenvalue weighted by Gasteiger charge is 2.17. The number of nitrogen functional groups attached to an aromatic ring is 1. The van der Waals surface area contributed by atoms with Gasteiger partial charge in [-0.25, -0.2) is 4.98 Å². The second-order valence-electron chi connectivity index (χ2n) is 6.88. The molecule has 0 atom stereocenters. The molecule has 3 aromatic heterocycles. The van der Waals surface area contributed by atoms with Crippen molar-refractivity contribution in [2.24, 2.45) is 0 Å². The SMILES string of the molecule is COc1cc(CC=CC(=O)c2sc3nc(-c4cccs4)ccc3c2N)cc(OC)c1OC. The number of rotatable bonds is 8. The number of ether oxygens (including phenoxy) is 3. The summed E-state index contributed by atoms with van der Waals surface area (Å²) >= 11 is 2.94. The van der Waals surface area contributed by atoms with Crippen LogP contribution in [0.25, 0.3) is 20.8 Å². The van der Waals surface area contributed by atoms with Crippen LogP contribution in [0.3, 0.4) is 0 Å². The number of carbonyl (C=O) groups excluding carboxylic acids is 1. The minimum atomic E-state index is -0.143. The van der Waals surface area contributed by atoms with E-state index in [9.17, 15) is 4.79 Å². The first kappa shape index (κ1) is 21.9. The van der Waals surface area contributed by atoms with Gasteiger partial charge in [-0.15, -0.1) is 22.7 Å². The van der Waals surface area contributed by atoms with Crippen molar-refractivity contribution >= 4 is 44.4 Å². The maximum Gasteiger partial charge on any atom is 0.203 e. The van der Waals surface area contributed by atoms with Crippen LogP contribution in [0.4, 0.5) is 5.69 Å². The number of fused-ring (bicyclic) bond motifs is 1. The molecule has 4 aromatic rings. The second kappa shape index (κ2) is 9.42. The number of anilines is 1. The molecule has 0 radical (unpaired) electrons. The lowest BCUT2D eigenvalue weighted by Gasteiger charge is -2.13. The highest BCUT2D eigenvalue weighted by molar-refractivity contribution is 7.21. The first-order valence-corrected chi connectivity index (χ1v) is 11.5. The zero-order valence-corrected chi connectivity index (χ0v) is 19.5. The molecule has 0 unspecified atom stereocenters. The lowest BCUT2D eigenvalue weighted by molar-refractivity contribution is 0.105. The van der Waals surface area contributed by atoms with Gasteiger partial charge in [-0.3, -0.25) is 4.79 Å². The summed E-state index contributed by atoms with van der Waals surface area (Å²) in [6.45, 7) is 0. The Morgan fingerprint density at radius 3 is 2.47 bits per heavy atom. The topological polar surface area (TPSA) is 83.7 Å². The van der Waals surface area contributed by atoms with E-state index in [1.807, 2.05) is 41.8 Å². The molecular weight excluding hydrogens is 444 g/mol. The number of methoxy groups -OCH3 is 3. The number of carbonyl (C=O) groups is 1. The normalized spacial score (nSPS) is 11.2. The molecule has 4 rings (SSSR count). The van der Waals surface area contributed by atoms with Crippen molar-refractivity contribution in [2.75, 3.05) is 27.1 Å². The molecule has 2 N–H and O–H groups in total. The molecule has 0 aliphatic rings. The van der Waals surface area contributed by atoms with Crippen molar-refractivity contribution in [2.45, 2.75) is 6.42 Å². The largest absolute Gasteiger partial charge is 0.493 e. The van der Waals surface area contributed by atoms with Crippen molar-refractivity contribution < 1.29 is 19.0 Å². The third-order valence-corrected chi connectivity index (χ3v) is 6.96. The van der Waals surface area contributed by atoms with Gasteiger partial charge in [0.2, 0.25) is 5.75 Å². The van der Waals surface area contributed by atoms with Crippen LogP contribution in [0.1, 0.15) is 15.2 Å². The van der Waals surface area contributed by atoms with Gasteiger partial charge in [0.15, 0.2) is 17.3 Å². The van der Waals surface area contributed by atoms with E-state index in [2.05, 4.69) is 0 Å². The summed E-state index contributed by atoms with van der Waals surface area (Å²) in [6.07, 6.45) is 3.87. The molecule has 0 saturated carbocycles. The van der Waals surface area contributed by atoms with E-state index in [4.69, 9.17) is 24.9 Å². The molecule has 0 fully saturated rings. The molecule has 8 heteroatoms. The van der Waals surface area contributed by atoms with Crippen LogP contribution in [-0.4, -0.2) is 32.1 Å². The van der Waals surface area contributed by atoms with Gasteiger partial charge in [-0.05, 0) is 53.8 Å². The van der Waals surface area contributed by atoms with Crippen LogP contribution in [0.2, 0.25) is 0 Å². The van der Waals surface area contributed by atoms with Gasteiger partial charge in [0.25, 0.3) is 0 Å². The summed E-state index contributed by atoms with van der Waals surface area (Å²) in [6, 6.07) is 11.6. The third kappa shape index (κ3) is 4.19. The quantitative estimate of drug-likeness (QED) is 0.268. The Labute approximate surface area is 193 Å². The van der Waals surface area contributed by atoms with Crippen LogP contribution in [-0.2, 0) is 6.42 Å². The molecule has 6 nitrogen and oxygen atoms in total. The predicted molar refractivity (Wildman–Crippen MR) is 131 cm³/mol. The maximum atomic E-state index is 12.8. The number of aromatic nitrogens is 1. The molecule has 0 aliphatic carbocycles. The van der Waals surface area contributed by atoms with E-state index in [0.29, 0.717) is 34.2 Å². The Hall–Kier alpha value is -3.36. The Balaban J connectivity index is 1.55. The summed E-state index contributed by atoms with van der Waals surface area (Å²) < 4.78 is 16.1. The highest BCUT2D eigenvalue weighted by atomic mass is 32.1. The van der Waals surface area contributed by atoms with E-state index >= 15 is 0 Å². The second-order valence-corrected chi connectivity index (χ2v) is 8.82. The van der Waals surface area contributed by atoms with Crippen LogP contribution in [0, 0.1) is 0 Å². The predicted octanol–water partition coefficient (Wildman–Crippen LogP) is 5.61. The number of thiophene rings is 2. The van der Waals surface area contributed by atoms with Gasteiger partial charge in [-0.1, -0.05) is 12.1 Å². The summed E-state index contributed by atoms with van der Waals surface area (Å²) in [5.74, 6) is 1.53. The fraction of sp³-hybridized carbons (Fsp3) is 0.167. The molecule has 1 aromatic carbocycles. The Kier molecular flexibility index (Phi) is 6.43. The lowest BCUT2D eigenvalue weighted by Crippen LogP contribution is -1.98. The summed E-state index contributed by atoms with van der Waals surface area (Å²) in [4.78, 5) is 19.9. The van der Waals surface area contributed by atoms with Crippen LogP contribution in [0.5, 0.6) is 17.2 Å². The van der Waals surface area contributed by atoms with Gasteiger partial charge < -0.3 is 19.9 Å². The van der Waals surface area contributed by atoms with E-state index in [-0.39, 0.29) is 5.78 Å². The van der Waals surface area contributed by atoms with Crippen molar-refractivity contribution in [1.29, 1.82) is 0 Å². The van der Waals surface area contributed by atoms with Crippen LogP contribution in [0.15, 0.2) is 53.9 Å². The van der Waals surface area contributed by atoms with Crippen molar-refractivity contribution in [3.63, 3.8) is 0 Å². The van der Waals surface area contributed by atoms with Crippen molar-refractivity contribution in [3.05, 3.63) is 64.4 Å². The minimum Gasteiger partial charge on any atom is -0.493 e. The van der Waals surface area contributed by atoms with Gasteiger partial charge in [0, 0.05) is 5.39 Å². The molecule has 3 heterocycles. The van der Waals surface area contributed by atoms with Gasteiger partial charge in [0.1, 0.15) is 9.71 Å². The zero-order valence-electron chi connectivity index (χ0n) is 17.9. The number of hydrogen-bond acceptors (Lipinski definition) is 8. The lowest BCUT2D eigenvalue weighted by atomic mass is 10.1. The fourth-order valence-electron chi connectivity index (χ4n) is 3.37. The van der Waals surface area contributed by atoms with E-state index in [0.717, 1.165) is 26.4 Å². The molecule has 0 amide bonds. The molecule has 32 heavy (non-hydrogen) atoms. The Morgan fingerprint density at radius 1 is 1.09 bits per heavy atom. The van der Waals surface area contributed by atoms with E-state index < -0.39 is 0 Å². The third-order valence-electron chi connectivity index (χ3n) is 4.94. The number of allylic oxidation sites excluding steroid dienone is 2. The Bertz CT molecular complexity index is 1270. The average Bonchev–Trinajstić information content (AvgIpc) is 3.46. The maximum absolute atomic E-state index is 12.8. The minimum absolute atomic E-state index is 0.143. The summed E-state index contributed by atoms with van der Waals surface area (Å²) in [5.41, 5.74) is 8.55. The number of pyridine rings is 1. The first-order valence-electron chi connectivity index (χ1n) is 9.78. The number of benzene rings is 1. The molecule has 0 aliphatic heterocycles. The van der Waals surface area contributed by atoms with E-state index in [1.54, 1.807) is 44.8 Å². The number of nitrogens with two attached hydrogens (primary N) is 1. The van der Waals surface area contributed by atoms with E-state index in [1.165, 1.54) is 11.3 Å². The van der Waals surface area contributed by atoms with Crippen LogP contribution < -0.4 is 19.9 Å². The standard InChI is InChI=1S/C24H22N2O4S2/c1-28-18-12-14(13-19(29-2)22(18)30-3)6-4-7-17(27)23-21(25)15-9-10-16(26-24(15)32-23)20-8-5-11-31-20/h4-5,7-13H,6,25H2,1-3H3. The average molecular weight is 467 g/mol. The highest BCUT2D eigenvalue weighted by Crippen LogP contribution is 2.38. The molecule has 164 valence electrons.